The molecule has 1 fully saturated rings. The van der Waals surface area contributed by atoms with Gasteiger partial charge in [-0.3, -0.25) is 4.79 Å². The zero-order chi connectivity index (χ0) is 19.5. The van der Waals surface area contributed by atoms with E-state index in [2.05, 4.69) is 4.98 Å². The van der Waals surface area contributed by atoms with Gasteiger partial charge in [-0.2, -0.15) is 0 Å². The Kier molecular flexibility index (Phi) is 5.47. The molecule has 28 heavy (non-hydrogen) atoms. The summed E-state index contributed by atoms with van der Waals surface area (Å²) in [6.07, 6.45) is 4.90. The molecule has 0 aromatic carbocycles. The zero-order valence-corrected chi connectivity index (χ0v) is 16.7. The van der Waals surface area contributed by atoms with Gasteiger partial charge in [0.1, 0.15) is 11.5 Å². The number of aromatic nitrogens is 1. The molecule has 4 rings (SSSR count). The van der Waals surface area contributed by atoms with Gasteiger partial charge in [0.2, 0.25) is 0 Å². The average molecular weight is 401 g/mol. The number of nitrogens with zero attached hydrogens (tertiary/aromatic N) is 3. The first kappa shape index (κ1) is 18.7. The lowest BCUT2D eigenvalue weighted by Gasteiger charge is -2.30. The third-order valence-electron chi connectivity index (χ3n) is 4.89. The molecular formula is C20H23N3O4S. The van der Waals surface area contributed by atoms with E-state index in [1.54, 1.807) is 25.3 Å². The normalized spacial score (nSPS) is 16.3. The van der Waals surface area contributed by atoms with Crippen molar-refractivity contribution in [1.29, 1.82) is 0 Å². The number of rotatable bonds is 4. The molecule has 1 saturated heterocycles. The van der Waals surface area contributed by atoms with E-state index in [4.69, 9.17) is 9.47 Å². The van der Waals surface area contributed by atoms with Crippen molar-refractivity contribution in [2.75, 3.05) is 37.7 Å². The molecule has 2 aliphatic heterocycles. The number of carbonyl (C=O) groups excluding carboxylic acids is 2. The molecule has 0 N–H and O–H groups in total. The van der Waals surface area contributed by atoms with Crippen molar-refractivity contribution in [3.05, 3.63) is 34.8 Å². The standard InChI is InChI=1S/C20H23N3O4S/c1-2-26-20(25)16-6-7-17(28-16)23-10-11-27-15-12-14(13-21-18(15)23)19(24)22-8-4-3-5-9-22/h6-7,12-13H,2-5,8-11H2,1H3. The zero-order valence-electron chi connectivity index (χ0n) is 15.8. The van der Waals surface area contributed by atoms with Crippen LogP contribution < -0.4 is 9.64 Å². The SMILES string of the molecule is CCOC(=O)c1ccc(N2CCOc3cc(C(=O)N4CCCCC4)cnc32)s1. The maximum absolute atomic E-state index is 12.7. The maximum atomic E-state index is 12.7. The van der Waals surface area contributed by atoms with Crippen LogP contribution in [-0.4, -0.2) is 54.6 Å². The Balaban J connectivity index is 1.56. The number of amides is 1. The fraction of sp³-hybridized carbons (Fsp3) is 0.450. The number of ether oxygens (including phenoxy) is 2. The molecule has 2 aromatic heterocycles. The highest BCUT2D eigenvalue weighted by molar-refractivity contribution is 7.18. The minimum atomic E-state index is -0.317. The van der Waals surface area contributed by atoms with Gasteiger partial charge in [0.05, 0.1) is 23.7 Å². The largest absolute Gasteiger partial charge is 0.488 e. The van der Waals surface area contributed by atoms with E-state index in [0.29, 0.717) is 41.8 Å². The fourth-order valence-electron chi connectivity index (χ4n) is 3.49. The highest BCUT2D eigenvalue weighted by Gasteiger charge is 2.26. The number of likely N-dealkylation sites (tertiary alicyclic amines) is 1. The Hall–Kier alpha value is -2.61. The van der Waals surface area contributed by atoms with Gasteiger partial charge in [-0.05, 0) is 44.4 Å². The van der Waals surface area contributed by atoms with Crippen LogP contribution >= 0.6 is 11.3 Å². The first-order valence-electron chi connectivity index (χ1n) is 9.64. The average Bonchev–Trinajstić information content (AvgIpc) is 3.23. The number of hydrogen-bond donors (Lipinski definition) is 0. The topological polar surface area (TPSA) is 72.0 Å². The van der Waals surface area contributed by atoms with Gasteiger partial charge in [-0.1, -0.05) is 0 Å². The molecule has 0 spiro atoms. The van der Waals surface area contributed by atoms with Crippen LogP contribution in [0.25, 0.3) is 0 Å². The summed E-state index contributed by atoms with van der Waals surface area (Å²) in [5, 5.41) is 0.898. The first-order chi connectivity index (χ1) is 13.7. The summed E-state index contributed by atoms with van der Waals surface area (Å²) >= 11 is 1.36. The molecule has 1 amide bonds. The Morgan fingerprint density at radius 1 is 1.21 bits per heavy atom. The van der Waals surface area contributed by atoms with Crippen molar-refractivity contribution in [3.63, 3.8) is 0 Å². The summed E-state index contributed by atoms with van der Waals surface area (Å²) in [7, 11) is 0. The molecule has 7 nitrogen and oxygen atoms in total. The lowest BCUT2D eigenvalue weighted by molar-refractivity contribution is 0.0531. The first-order valence-corrected chi connectivity index (χ1v) is 10.5. The predicted molar refractivity (Wildman–Crippen MR) is 107 cm³/mol. The van der Waals surface area contributed by atoms with Crippen LogP contribution in [0.2, 0.25) is 0 Å². The second-order valence-electron chi connectivity index (χ2n) is 6.76. The van der Waals surface area contributed by atoms with Crippen LogP contribution in [0, 0.1) is 0 Å². The lowest BCUT2D eigenvalue weighted by Crippen LogP contribution is -2.36. The van der Waals surface area contributed by atoms with Gasteiger partial charge in [-0.25, -0.2) is 9.78 Å². The molecule has 0 atom stereocenters. The number of fused-ring (bicyclic) bond motifs is 1. The van der Waals surface area contributed by atoms with E-state index < -0.39 is 0 Å². The van der Waals surface area contributed by atoms with E-state index in [-0.39, 0.29) is 11.9 Å². The smallest absolute Gasteiger partial charge is 0.348 e. The number of pyridine rings is 1. The molecule has 8 heteroatoms. The Bertz CT molecular complexity index is 876. The summed E-state index contributed by atoms with van der Waals surface area (Å²) in [5.74, 6) is 0.956. The fourth-order valence-corrected chi connectivity index (χ4v) is 4.42. The van der Waals surface area contributed by atoms with Crippen molar-refractivity contribution in [2.45, 2.75) is 26.2 Å². The molecule has 0 bridgehead atoms. The lowest BCUT2D eigenvalue weighted by atomic mass is 10.1. The monoisotopic (exact) mass is 401 g/mol. The quantitative estimate of drug-likeness (QED) is 0.731. The number of hydrogen-bond acceptors (Lipinski definition) is 7. The predicted octanol–water partition coefficient (Wildman–Crippen LogP) is 3.48. The number of piperidine rings is 1. The van der Waals surface area contributed by atoms with Crippen molar-refractivity contribution >= 4 is 34.0 Å². The Labute approximate surface area is 167 Å². The number of thiophene rings is 1. The summed E-state index contributed by atoms with van der Waals surface area (Å²) in [4.78, 5) is 33.7. The third-order valence-corrected chi connectivity index (χ3v) is 5.97. The summed E-state index contributed by atoms with van der Waals surface area (Å²) in [6, 6.07) is 5.44. The van der Waals surface area contributed by atoms with Gasteiger partial charge in [0.25, 0.3) is 5.91 Å². The molecular weight excluding hydrogens is 378 g/mol. The third kappa shape index (κ3) is 3.69. The highest BCUT2D eigenvalue weighted by Crippen LogP contribution is 2.38. The van der Waals surface area contributed by atoms with Crippen LogP contribution in [0.1, 0.15) is 46.2 Å². The van der Waals surface area contributed by atoms with Crippen LogP contribution in [0.5, 0.6) is 5.75 Å². The summed E-state index contributed by atoms with van der Waals surface area (Å²) < 4.78 is 10.9. The van der Waals surface area contributed by atoms with E-state index in [9.17, 15) is 9.59 Å². The van der Waals surface area contributed by atoms with E-state index in [1.807, 2.05) is 15.9 Å². The van der Waals surface area contributed by atoms with Gasteiger partial charge in [0, 0.05) is 19.3 Å². The van der Waals surface area contributed by atoms with Crippen LogP contribution in [-0.2, 0) is 4.74 Å². The van der Waals surface area contributed by atoms with E-state index in [0.717, 1.165) is 30.9 Å². The number of anilines is 2. The summed E-state index contributed by atoms with van der Waals surface area (Å²) in [5.41, 5.74) is 0.556. The molecule has 0 radical (unpaired) electrons. The van der Waals surface area contributed by atoms with Gasteiger partial charge in [0.15, 0.2) is 11.6 Å². The van der Waals surface area contributed by atoms with Crippen LogP contribution in [0.4, 0.5) is 10.8 Å². The molecule has 2 aromatic rings. The minimum Gasteiger partial charge on any atom is -0.488 e. The van der Waals surface area contributed by atoms with Gasteiger partial charge >= 0.3 is 5.97 Å². The molecule has 4 heterocycles. The van der Waals surface area contributed by atoms with Crippen molar-refractivity contribution in [2.24, 2.45) is 0 Å². The van der Waals surface area contributed by atoms with Gasteiger partial charge < -0.3 is 19.3 Å². The highest BCUT2D eigenvalue weighted by atomic mass is 32.1. The second-order valence-corrected chi connectivity index (χ2v) is 7.82. The van der Waals surface area contributed by atoms with Crippen molar-refractivity contribution in [1.82, 2.24) is 9.88 Å². The second kappa shape index (κ2) is 8.18. The van der Waals surface area contributed by atoms with E-state index in [1.165, 1.54) is 17.8 Å². The van der Waals surface area contributed by atoms with Crippen molar-refractivity contribution < 1.29 is 19.1 Å². The summed E-state index contributed by atoms with van der Waals surface area (Å²) in [6.45, 7) is 4.85. The Morgan fingerprint density at radius 3 is 2.82 bits per heavy atom. The molecule has 0 aliphatic carbocycles. The molecule has 0 unspecified atom stereocenters. The molecule has 0 saturated carbocycles. The van der Waals surface area contributed by atoms with Gasteiger partial charge in [-0.15, -0.1) is 11.3 Å². The maximum Gasteiger partial charge on any atom is 0.348 e. The number of carbonyl (C=O) groups is 2. The van der Waals surface area contributed by atoms with Crippen LogP contribution in [0.15, 0.2) is 24.4 Å². The Morgan fingerprint density at radius 2 is 2.04 bits per heavy atom. The van der Waals surface area contributed by atoms with Crippen molar-refractivity contribution in [3.8, 4) is 5.75 Å². The number of esters is 1. The minimum absolute atomic E-state index is 0.0106. The molecule has 148 valence electrons. The van der Waals surface area contributed by atoms with Crippen LogP contribution in [0.3, 0.4) is 0 Å². The van der Waals surface area contributed by atoms with E-state index >= 15 is 0 Å². The molecule has 2 aliphatic rings.